The Kier molecular flexibility index (Phi) is 4.13. The molecule has 0 bridgehead atoms. The summed E-state index contributed by atoms with van der Waals surface area (Å²) in [4.78, 5) is 0.0193. The van der Waals surface area contributed by atoms with E-state index >= 15 is 0 Å². The Hall–Kier alpha value is -2.64. The highest BCUT2D eigenvalue weighted by atomic mass is 32.2. The summed E-state index contributed by atoms with van der Waals surface area (Å²) >= 11 is 0. The van der Waals surface area contributed by atoms with E-state index in [-0.39, 0.29) is 4.90 Å². The van der Waals surface area contributed by atoms with Crippen molar-refractivity contribution in [2.24, 2.45) is 12.2 Å². The molecule has 0 spiro atoms. The van der Waals surface area contributed by atoms with Crippen molar-refractivity contribution in [1.29, 1.82) is 0 Å². The quantitative estimate of drug-likeness (QED) is 0.788. The molecule has 6 nitrogen and oxygen atoms in total. The predicted octanol–water partition coefficient (Wildman–Crippen LogP) is 2.41. The molecule has 0 aliphatic rings. The number of ether oxygens (including phenoxy) is 1. The van der Waals surface area contributed by atoms with E-state index in [9.17, 15) is 8.42 Å². The molecular formula is C17H17N3O3S. The molecule has 0 atom stereocenters. The van der Waals surface area contributed by atoms with Gasteiger partial charge in [-0.05, 0) is 29.8 Å². The maximum atomic E-state index is 11.5. The highest BCUT2D eigenvalue weighted by Gasteiger charge is 2.14. The largest absolute Gasteiger partial charge is 0.496 e. The molecule has 0 fully saturated rings. The molecule has 2 N–H and O–H groups in total. The minimum absolute atomic E-state index is 0.0193. The van der Waals surface area contributed by atoms with Gasteiger partial charge >= 0.3 is 0 Å². The van der Waals surface area contributed by atoms with Gasteiger partial charge in [0.15, 0.2) is 0 Å². The fourth-order valence-corrected chi connectivity index (χ4v) is 3.12. The van der Waals surface area contributed by atoms with Gasteiger partial charge in [-0.25, -0.2) is 13.6 Å². The maximum Gasteiger partial charge on any atom is 0.238 e. The second-order valence-electron chi connectivity index (χ2n) is 5.33. The Morgan fingerprint density at radius 1 is 1.08 bits per heavy atom. The van der Waals surface area contributed by atoms with Crippen LogP contribution in [0.1, 0.15) is 0 Å². The lowest BCUT2D eigenvalue weighted by molar-refractivity contribution is 0.415. The average molecular weight is 343 g/mol. The second-order valence-corrected chi connectivity index (χ2v) is 6.89. The molecule has 0 radical (unpaired) electrons. The summed E-state index contributed by atoms with van der Waals surface area (Å²) in [5.41, 5.74) is 3.68. The average Bonchev–Trinajstić information content (AvgIpc) is 2.99. The summed E-state index contributed by atoms with van der Waals surface area (Å²) in [7, 11) is -0.400. The number of hydrogen-bond donors (Lipinski definition) is 1. The van der Waals surface area contributed by atoms with Crippen LogP contribution < -0.4 is 9.88 Å². The number of nitrogens with two attached hydrogens (primary N) is 1. The molecule has 0 aliphatic heterocycles. The first kappa shape index (κ1) is 16.2. The first-order valence-electron chi connectivity index (χ1n) is 7.20. The highest BCUT2D eigenvalue weighted by Crippen LogP contribution is 2.34. The van der Waals surface area contributed by atoms with Crippen molar-refractivity contribution < 1.29 is 13.2 Å². The molecule has 124 valence electrons. The number of benzene rings is 2. The lowest BCUT2D eigenvalue weighted by atomic mass is 10.0. The van der Waals surface area contributed by atoms with Crippen molar-refractivity contribution in [3.05, 3.63) is 54.7 Å². The monoisotopic (exact) mass is 343 g/mol. The van der Waals surface area contributed by atoms with Crippen LogP contribution in [0.2, 0.25) is 0 Å². The van der Waals surface area contributed by atoms with Gasteiger partial charge in [0.2, 0.25) is 10.0 Å². The summed E-state index contributed by atoms with van der Waals surface area (Å²) in [5, 5.41) is 9.36. The van der Waals surface area contributed by atoms with Crippen LogP contribution in [0.15, 0.2) is 59.6 Å². The summed E-state index contributed by atoms with van der Waals surface area (Å²) in [6.07, 6.45) is 1.74. The topological polar surface area (TPSA) is 87.2 Å². The van der Waals surface area contributed by atoms with E-state index in [1.807, 2.05) is 37.4 Å². The van der Waals surface area contributed by atoms with Crippen molar-refractivity contribution in [2.75, 3.05) is 7.11 Å². The third kappa shape index (κ3) is 3.04. The lowest BCUT2D eigenvalue weighted by Crippen LogP contribution is -2.12. The first-order valence-corrected chi connectivity index (χ1v) is 8.74. The number of sulfonamides is 1. The number of aryl methyl sites for hydroxylation is 1. The van der Waals surface area contributed by atoms with Crippen molar-refractivity contribution >= 4 is 10.0 Å². The fraction of sp³-hybridized carbons (Fsp3) is 0.118. The van der Waals surface area contributed by atoms with Crippen LogP contribution in [0.4, 0.5) is 0 Å². The van der Waals surface area contributed by atoms with Crippen LogP contribution in [0, 0.1) is 0 Å². The Bertz CT molecular complexity index is 994. The predicted molar refractivity (Wildman–Crippen MR) is 92.0 cm³/mol. The van der Waals surface area contributed by atoms with Crippen LogP contribution in [0.5, 0.6) is 5.75 Å². The van der Waals surface area contributed by atoms with Gasteiger partial charge in [-0.2, -0.15) is 5.10 Å². The number of aromatic nitrogens is 2. The number of primary sulfonamides is 1. The molecule has 0 amide bonds. The van der Waals surface area contributed by atoms with Crippen LogP contribution >= 0.6 is 0 Å². The zero-order valence-corrected chi connectivity index (χ0v) is 14.1. The Morgan fingerprint density at radius 2 is 1.83 bits per heavy atom. The molecule has 3 aromatic rings. The number of methoxy groups -OCH3 is 1. The zero-order valence-electron chi connectivity index (χ0n) is 13.3. The molecule has 24 heavy (non-hydrogen) atoms. The van der Waals surface area contributed by atoms with Gasteiger partial charge in [-0.15, -0.1) is 0 Å². The van der Waals surface area contributed by atoms with E-state index in [1.54, 1.807) is 16.9 Å². The van der Waals surface area contributed by atoms with E-state index in [0.29, 0.717) is 5.75 Å². The van der Waals surface area contributed by atoms with Crippen molar-refractivity contribution in [2.45, 2.75) is 4.90 Å². The van der Waals surface area contributed by atoms with Crippen molar-refractivity contribution in [3.63, 3.8) is 0 Å². The maximum absolute atomic E-state index is 11.5. The third-order valence-electron chi connectivity index (χ3n) is 3.79. The molecule has 0 aliphatic carbocycles. The minimum Gasteiger partial charge on any atom is -0.496 e. The Labute approximate surface area is 140 Å². The Balaban J connectivity index is 2.11. The summed E-state index contributed by atoms with van der Waals surface area (Å²) < 4.78 is 30.2. The molecule has 0 saturated carbocycles. The van der Waals surface area contributed by atoms with Crippen molar-refractivity contribution in [1.82, 2.24) is 9.78 Å². The number of hydrogen-bond acceptors (Lipinski definition) is 4. The summed E-state index contributed by atoms with van der Waals surface area (Å²) in [5.74, 6) is 0.448. The fourth-order valence-electron chi connectivity index (χ4n) is 2.59. The van der Waals surface area contributed by atoms with Gasteiger partial charge in [0.25, 0.3) is 0 Å². The van der Waals surface area contributed by atoms with E-state index in [0.717, 1.165) is 22.4 Å². The molecular weight excluding hydrogens is 326 g/mol. The van der Waals surface area contributed by atoms with E-state index in [1.165, 1.54) is 19.2 Å². The Morgan fingerprint density at radius 3 is 2.46 bits per heavy atom. The van der Waals surface area contributed by atoms with Gasteiger partial charge in [0.1, 0.15) is 5.75 Å². The summed E-state index contributed by atoms with van der Waals surface area (Å²) in [6, 6.07) is 14.4. The molecule has 3 rings (SSSR count). The first-order chi connectivity index (χ1) is 11.4. The van der Waals surface area contributed by atoms with E-state index < -0.39 is 10.0 Å². The smallest absolute Gasteiger partial charge is 0.238 e. The van der Waals surface area contributed by atoms with Gasteiger partial charge in [0, 0.05) is 30.4 Å². The molecule has 0 saturated heterocycles. The lowest BCUT2D eigenvalue weighted by Gasteiger charge is -2.11. The molecule has 7 heteroatoms. The molecule has 1 heterocycles. The normalized spacial score (nSPS) is 11.5. The van der Waals surface area contributed by atoms with Crippen LogP contribution in [0.25, 0.3) is 22.4 Å². The SMILES string of the molecule is COc1cc(S(N)(=O)=O)ccc1-c1cccc(-c2ccnn2C)c1. The van der Waals surface area contributed by atoms with Crippen molar-refractivity contribution in [3.8, 4) is 28.1 Å². The molecule has 1 aromatic heterocycles. The second kappa shape index (κ2) is 6.10. The van der Waals surface area contributed by atoms with E-state index in [2.05, 4.69) is 5.10 Å². The van der Waals surface area contributed by atoms with Gasteiger partial charge in [-0.1, -0.05) is 18.2 Å². The third-order valence-corrected chi connectivity index (χ3v) is 4.70. The van der Waals surface area contributed by atoms with E-state index in [4.69, 9.17) is 9.88 Å². The van der Waals surface area contributed by atoms with Gasteiger partial charge < -0.3 is 4.74 Å². The summed E-state index contributed by atoms with van der Waals surface area (Å²) in [6.45, 7) is 0. The number of rotatable bonds is 4. The van der Waals surface area contributed by atoms with Crippen LogP contribution in [-0.2, 0) is 17.1 Å². The van der Waals surface area contributed by atoms with Gasteiger partial charge in [0.05, 0.1) is 17.7 Å². The minimum atomic E-state index is -3.78. The molecule has 0 unspecified atom stereocenters. The van der Waals surface area contributed by atoms with Gasteiger partial charge in [-0.3, -0.25) is 4.68 Å². The highest BCUT2D eigenvalue weighted by molar-refractivity contribution is 7.89. The molecule has 2 aromatic carbocycles. The van der Waals surface area contributed by atoms with Crippen LogP contribution in [0.3, 0.4) is 0 Å². The zero-order chi connectivity index (χ0) is 17.3. The standard InChI is InChI=1S/C17H17N3O3S/c1-20-16(8-9-19-20)13-5-3-4-12(10-13)15-7-6-14(24(18,21)22)11-17(15)23-2/h3-11H,1-2H3,(H2,18,21,22). The van der Waals surface area contributed by atoms with Crippen LogP contribution in [-0.4, -0.2) is 25.3 Å². The number of nitrogens with zero attached hydrogens (tertiary/aromatic N) is 2.